The molecule has 5 rings (SSSR count). The van der Waals surface area contributed by atoms with E-state index >= 15 is 0 Å². The molecule has 40 heavy (non-hydrogen) atoms. The van der Waals surface area contributed by atoms with Crippen LogP contribution in [0.2, 0.25) is 0 Å². The van der Waals surface area contributed by atoms with E-state index in [1.807, 2.05) is 12.1 Å². The Morgan fingerprint density at radius 3 is 2.60 bits per heavy atom. The van der Waals surface area contributed by atoms with Gasteiger partial charge < -0.3 is 9.47 Å². The molecule has 1 aromatic heterocycles. The molecule has 0 saturated carbocycles. The van der Waals surface area contributed by atoms with Crippen molar-refractivity contribution in [1.29, 1.82) is 0 Å². The Balaban J connectivity index is 1.36. The summed E-state index contributed by atoms with van der Waals surface area (Å²) in [6.07, 6.45) is 3.40. The second kappa shape index (κ2) is 13.1. The van der Waals surface area contributed by atoms with Crippen LogP contribution in [0.25, 0.3) is 10.2 Å². The average Bonchev–Trinajstić information content (AvgIpc) is 3.65. The van der Waals surface area contributed by atoms with Crippen LogP contribution in [0, 0.1) is 0 Å². The Hall–Kier alpha value is -2.41. The number of carbonyl (C=O) groups is 1. The van der Waals surface area contributed by atoms with Crippen LogP contribution >= 0.6 is 11.3 Å². The van der Waals surface area contributed by atoms with Gasteiger partial charge in [0.1, 0.15) is 0 Å². The zero-order valence-electron chi connectivity index (χ0n) is 23.3. The van der Waals surface area contributed by atoms with Gasteiger partial charge in [-0.3, -0.25) is 14.6 Å². The number of rotatable bonds is 11. The molecule has 2 aromatic carbocycles. The molecule has 0 aliphatic carbocycles. The van der Waals surface area contributed by atoms with Gasteiger partial charge in [-0.15, -0.1) is 0 Å². The van der Waals surface area contributed by atoms with E-state index < -0.39 is 10.0 Å². The molecule has 2 aliphatic heterocycles. The minimum Gasteiger partial charge on any atom is -0.379 e. The third-order valence-corrected chi connectivity index (χ3v) is 10.5. The summed E-state index contributed by atoms with van der Waals surface area (Å²) >= 11 is 1.52. The maximum atomic E-state index is 13.9. The van der Waals surface area contributed by atoms with Gasteiger partial charge in [0.15, 0.2) is 5.13 Å². The maximum absolute atomic E-state index is 13.9. The van der Waals surface area contributed by atoms with Crippen molar-refractivity contribution in [3.05, 3.63) is 53.6 Å². The fourth-order valence-corrected chi connectivity index (χ4v) is 7.47. The molecule has 0 bridgehead atoms. The summed E-state index contributed by atoms with van der Waals surface area (Å²) in [7, 11) is -2.12. The number of benzene rings is 2. The SMILES string of the molecule is CCc1cccc2sc(N(CCCN3CCOCC3)C(=O)c3ccc(S(=O)(=O)N(C)CC4CCCO4)cc3)nc12. The average molecular weight is 587 g/mol. The number of para-hydroxylation sites is 1. The van der Waals surface area contributed by atoms with Crippen molar-refractivity contribution < 1.29 is 22.7 Å². The lowest BCUT2D eigenvalue weighted by molar-refractivity contribution is 0.0376. The first-order valence-corrected chi connectivity index (χ1v) is 16.3. The van der Waals surface area contributed by atoms with Crippen molar-refractivity contribution in [3.8, 4) is 0 Å². The van der Waals surface area contributed by atoms with Crippen LogP contribution in [0.15, 0.2) is 47.4 Å². The van der Waals surface area contributed by atoms with Gasteiger partial charge in [-0.1, -0.05) is 30.4 Å². The number of hydrogen-bond donors (Lipinski definition) is 0. The van der Waals surface area contributed by atoms with E-state index in [1.165, 1.54) is 27.8 Å². The number of aryl methyl sites for hydroxylation is 1. The predicted molar refractivity (Wildman–Crippen MR) is 158 cm³/mol. The number of nitrogens with zero attached hydrogens (tertiary/aromatic N) is 4. The molecule has 9 nitrogen and oxygen atoms in total. The van der Waals surface area contributed by atoms with Crippen molar-refractivity contribution in [2.45, 2.75) is 43.6 Å². The van der Waals surface area contributed by atoms with Crippen LogP contribution in [0.3, 0.4) is 0 Å². The van der Waals surface area contributed by atoms with Gasteiger partial charge in [0.25, 0.3) is 5.91 Å². The number of hydrogen-bond acceptors (Lipinski definition) is 8. The van der Waals surface area contributed by atoms with Gasteiger partial charge in [0.2, 0.25) is 10.0 Å². The smallest absolute Gasteiger partial charge is 0.260 e. The fourth-order valence-electron chi connectivity index (χ4n) is 5.23. The molecule has 3 aromatic rings. The van der Waals surface area contributed by atoms with E-state index in [2.05, 4.69) is 17.9 Å². The van der Waals surface area contributed by atoms with Crippen LogP contribution in [0.5, 0.6) is 0 Å². The lowest BCUT2D eigenvalue weighted by Gasteiger charge is -2.27. The summed E-state index contributed by atoms with van der Waals surface area (Å²) in [5.41, 5.74) is 2.52. The molecular weight excluding hydrogens is 548 g/mol. The Labute approximate surface area is 240 Å². The summed E-state index contributed by atoms with van der Waals surface area (Å²) in [5.74, 6) is -0.184. The van der Waals surface area contributed by atoms with Gasteiger partial charge in [-0.2, -0.15) is 4.31 Å². The number of aromatic nitrogens is 1. The first-order chi connectivity index (χ1) is 19.4. The van der Waals surface area contributed by atoms with E-state index in [4.69, 9.17) is 14.5 Å². The molecule has 11 heteroatoms. The Morgan fingerprint density at radius 2 is 1.90 bits per heavy atom. The largest absolute Gasteiger partial charge is 0.379 e. The minimum atomic E-state index is -3.69. The molecule has 216 valence electrons. The normalized spacial score (nSPS) is 18.5. The number of anilines is 1. The molecule has 0 spiro atoms. The zero-order valence-corrected chi connectivity index (χ0v) is 24.9. The third-order valence-electron chi connectivity index (χ3n) is 7.60. The monoisotopic (exact) mass is 586 g/mol. The van der Waals surface area contributed by atoms with Gasteiger partial charge in [0, 0.05) is 51.9 Å². The van der Waals surface area contributed by atoms with Crippen molar-refractivity contribution in [2.24, 2.45) is 0 Å². The molecular formula is C29H38N4O5S2. The summed E-state index contributed by atoms with van der Waals surface area (Å²) in [6, 6.07) is 12.4. The van der Waals surface area contributed by atoms with Crippen molar-refractivity contribution in [3.63, 3.8) is 0 Å². The van der Waals surface area contributed by atoms with Gasteiger partial charge in [-0.25, -0.2) is 13.4 Å². The highest BCUT2D eigenvalue weighted by Crippen LogP contribution is 2.32. The van der Waals surface area contributed by atoms with Crippen LogP contribution in [-0.2, 0) is 25.9 Å². The molecule has 1 amide bonds. The van der Waals surface area contributed by atoms with E-state index in [0.717, 1.165) is 74.3 Å². The summed E-state index contributed by atoms with van der Waals surface area (Å²) in [5, 5.41) is 0.663. The second-order valence-corrected chi connectivity index (χ2v) is 13.4. The number of amides is 1. The highest BCUT2D eigenvalue weighted by atomic mass is 32.2. The molecule has 3 heterocycles. The summed E-state index contributed by atoms with van der Waals surface area (Å²) < 4.78 is 39.8. The molecule has 2 fully saturated rings. The Morgan fingerprint density at radius 1 is 1.12 bits per heavy atom. The van der Waals surface area contributed by atoms with E-state index in [0.29, 0.717) is 30.4 Å². The summed E-state index contributed by atoms with van der Waals surface area (Å²) in [6.45, 7) is 7.74. The fraction of sp³-hybridized carbons (Fsp3) is 0.517. The number of thiazole rings is 1. The van der Waals surface area contributed by atoms with Crippen LogP contribution in [-0.4, -0.2) is 94.2 Å². The van der Waals surface area contributed by atoms with E-state index in [9.17, 15) is 13.2 Å². The van der Waals surface area contributed by atoms with Gasteiger partial charge in [0.05, 0.1) is 34.4 Å². The quantitative estimate of drug-likeness (QED) is 0.335. The van der Waals surface area contributed by atoms with Crippen LogP contribution in [0.1, 0.15) is 42.1 Å². The third kappa shape index (κ3) is 6.56. The number of sulfonamides is 1. The van der Waals surface area contributed by atoms with Crippen molar-refractivity contribution in [2.75, 3.05) is 64.5 Å². The lowest BCUT2D eigenvalue weighted by atomic mass is 10.1. The van der Waals surface area contributed by atoms with E-state index in [1.54, 1.807) is 24.1 Å². The zero-order chi connectivity index (χ0) is 28.1. The highest BCUT2D eigenvalue weighted by molar-refractivity contribution is 7.89. The van der Waals surface area contributed by atoms with Crippen LogP contribution < -0.4 is 4.90 Å². The molecule has 1 unspecified atom stereocenters. The Bertz CT molecular complexity index is 1400. The van der Waals surface area contributed by atoms with Crippen molar-refractivity contribution >= 4 is 42.6 Å². The molecule has 1 atom stereocenters. The number of ether oxygens (including phenoxy) is 2. The predicted octanol–water partition coefficient (Wildman–Crippen LogP) is 4.03. The highest BCUT2D eigenvalue weighted by Gasteiger charge is 2.27. The molecule has 2 saturated heterocycles. The van der Waals surface area contributed by atoms with Gasteiger partial charge >= 0.3 is 0 Å². The van der Waals surface area contributed by atoms with Gasteiger partial charge in [-0.05, 0) is 61.6 Å². The minimum absolute atomic E-state index is 0.0753. The van der Waals surface area contributed by atoms with Crippen molar-refractivity contribution in [1.82, 2.24) is 14.2 Å². The lowest BCUT2D eigenvalue weighted by Crippen LogP contribution is -2.39. The van der Waals surface area contributed by atoms with Crippen LogP contribution in [0.4, 0.5) is 5.13 Å². The standard InChI is InChI=1S/C29H38N4O5S2/c1-3-22-7-4-9-26-27(22)30-29(39-26)33(15-6-14-32-16-19-37-20-17-32)28(34)23-10-12-25(13-11-23)40(35,36)31(2)21-24-8-5-18-38-24/h4,7,9-13,24H,3,5-6,8,14-21H2,1-2H3. The number of morpholine rings is 1. The molecule has 0 radical (unpaired) electrons. The first-order valence-electron chi connectivity index (χ1n) is 14.0. The number of fused-ring (bicyclic) bond motifs is 1. The second-order valence-electron chi connectivity index (χ2n) is 10.3. The summed E-state index contributed by atoms with van der Waals surface area (Å²) in [4.78, 5) is 23.0. The molecule has 0 N–H and O–H groups in total. The molecule has 2 aliphatic rings. The van der Waals surface area contributed by atoms with E-state index in [-0.39, 0.29) is 16.9 Å². The Kier molecular flexibility index (Phi) is 9.49. The topological polar surface area (TPSA) is 92.3 Å². The number of carbonyl (C=O) groups excluding carboxylic acids is 1. The first kappa shape index (κ1) is 29.1. The maximum Gasteiger partial charge on any atom is 0.260 e. The number of likely N-dealkylation sites (N-methyl/N-ethyl adjacent to an activating group) is 1.